The molecule has 0 aromatic heterocycles. The first-order valence-corrected chi connectivity index (χ1v) is 6.40. The van der Waals surface area contributed by atoms with Crippen molar-refractivity contribution in [3.63, 3.8) is 0 Å². The van der Waals surface area contributed by atoms with Crippen LogP contribution in [0, 0.1) is 11.7 Å². The summed E-state index contributed by atoms with van der Waals surface area (Å²) in [7, 11) is 2.04. The maximum absolute atomic E-state index is 13.6. The van der Waals surface area contributed by atoms with Crippen LogP contribution in [-0.2, 0) is 6.54 Å². The molecule has 1 fully saturated rings. The van der Waals surface area contributed by atoms with E-state index in [2.05, 4.69) is 4.90 Å². The van der Waals surface area contributed by atoms with Crippen molar-refractivity contribution >= 4 is 5.69 Å². The lowest BCUT2D eigenvalue weighted by Gasteiger charge is -2.23. The zero-order chi connectivity index (χ0) is 12.3. The fraction of sp³-hybridized carbons (Fsp3) is 0.571. The molecule has 1 aliphatic rings. The predicted molar refractivity (Wildman–Crippen MR) is 69.5 cm³/mol. The molecule has 2 rings (SSSR count). The first-order valence-electron chi connectivity index (χ1n) is 6.40. The highest BCUT2D eigenvalue weighted by molar-refractivity contribution is 5.47. The van der Waals surface area contributed by atoms with Crippen molar-refractivity contribution in [2.24, 2.45) is 11.7 Å². The van der Waals surface area contributed by atoms with Crippen LogP contribution in [0.5, 0.6) is 0 Å². The van der Waals surface area contributed by atoms with Gasteiger partial charge < -0.3 is 10.6 Å². The molecule has 0 saturated heterocycles. The average Bonchev–Trinajstić information content (AvgIpc) is 2.81. The second-order valence-electron chi connectivity index (χ2n) is 5.01. The van der Waals surface area contributed by atoms with Gasteiger partial charge in [-0.1, -0.05) is 18.9 Å². The number of hydrogen-bond acceptors (Lipinski definition) is 2. The Labute approximate surface area is 103 Å². The van der Waals surface area contributed by atoms with E-state index in [1.165, 1.54) is 25.7 Å². The summed E-state index contributed by atoms with van der Waals surface area (Å²) in [6.45, 7) is 1.29. The second-order valence-corrected chi connectivity index (χ2v) is 5.01. The highest BCUT2D eigenvalue weighted by atomic mass is 19.1. The molecule has 0 aliphatic heterocycles. The third kappa shape index (κ3) is 2.97. The Hall–Kier alpha value is -1.09. The van der Waals surface area contributed by atoms with Crippen molar-refractivity contribution in [2.45, 2.75) is 32.2 Å². The van der Waals surface area contributed by atoms with E-state index in [0.717, 1.165) is 18.2 Å². The molecule has 1 aromatic carbocycles. The summed E-state index contributed by atoms with van der Waals surface area (Å²) in [6, 6.07) is 5.34. The third-order valence-electron chi connectivity index (χ3n) is 3.70. The van der Waals surface area contributed by atoms with Crippen molar-refractivity contribution in [3.8, 4) is 0 Å². The minimum atomic E-state index is -0.191. The molecule has 0 atom stereocenters. The lowest BCUT2D eigenvalue weighted by Crippen LogP contribution is -2.24. The second kappa shape index (κ2) is 5.50. The number of nitrogens with two attached hydrogens (primary N) is 1. The SMILES string of the molecule is CN(CC1CCCC1)c1ccc(CN)c(F)c1. The van der Waals surface area contributed by atoms with Gasteiger partial charge in [-0.25, -0.2) is 4.39 Å². The van der Waals surface area contributed by atoms with Gasteiger partial charge in [0, 0.05) is 31.4 Å². The topological polar surface area (TPSA) is 29.3 Å². The zero-order valence-electron chi connectivity index (χ0n) is 10.5. The maximum atomic E-state index is 13.6. The summed E-state index contributed by atoms with van der Waals surface area (Å²) in [4.78, 5) is 2.15. The lowest BCUT2D eigenvalue weighted by molar-refractivity contribution is 0.545. The van der Waals surface area contributed by atoms with E-state index in [-0.39, 0.29) is 12.4 Å². The minimum absolute atomic E-state index is 0.191. The number of nitrogens with zero attached hydrogens (tertiary/aromatic N) is 1. The van der Waals surface area contributed by atoms with E-state index in [0.29, 0.717) is 5.56 Å². The molecule has 1 aliphatic carbocycles. The molecule has 1 aromatic rings. The third-order valence-corrected chi connectivity index (χ3v) is 3.70. The van der Waals surface area contributed by atoms with E-state index in [1.807, 2.05) is 13.1 Å². The molecule has 0 amide bonds. The number of hydrogen-bond donors (Lipinski definition) is 1. The Kier molecular flexibility index (Phi) is 4.00. The first-order chi connectivity index (χ1) is 8.20. The van der Waals surface area contributed by atoms with Gasteiger partial charge >= 0.3 is 0 Å². The van der Waals surface area contributed by atoms with Crippen LogP contribution >= 0.6 is 0 Å². The smallest absolute Gasteiger partial charge is 0.129 e. The van der Waals surface area contributed by atoms with Gasteiger partial charge in [0.05, 0.1) is 0 Å². The largest absolute Gasteiger partial charge is 0.374 e. The fourth-order valence-corrected chi connectivity index (χ4v) is 2.62. The molecule has 3 heteroatoms. The molecule has 0 heterocycles. The summed E-state index contributed by atoms with van der Waals surface area (Å²) < 4.78 is 13.6. The zero-order valence-corrected chi connectivity index (χ0v) is 10.5. The molecule has 0 unspecified atom stereocenters. The van der Waals surface area contributed by atoms with Gasteiger partial charge in [-0.3, -0.25) is 0 Å². The monoisotopic (exact) mass is 236 g/mol. The van der Waals surface area contributed by atoms with Crippen LogP contribution in [0.25, 0.3) is 0 Å². The minimum Gasteiger partial charge on any atom is -0.374 e. The van der Waals surface area contributed by atoms with Gasteiger partial charge in [0.25, 0.3) is 0 Å². The number of rotatable bonds is 4. The van der Waals surface area contributed by atoms with Crippen LogP contribution in [0.4, 0.5) is 10.1 Å². The molecule has 1 saturated carbocycles. The predicted octanol–water partition coefficient (Wildman–Crippen LogP) is 2.91. The highest BCUT2D eigenvalue weighted by Crippen LogP contribution is 2.27. The Bertz CT molecular complexity index is 372. The highest BCUT2D eigenvalue weighted by Gasteiger charge is 2.17. The number of halogens is 1. The maximum Gasteiger partial charge on any atom is 0.129 e. The van der Waals surface area contributed by atoms with Gasteiger partial charge in [0.15, 0.2) is 0 Å². The Morgan fingerprint density at radius 1 is 1.35 bits per heavy atom. The van der Waals surface area contributed by atoms with E-state index in [9.17, 15) is 4.39 Å². The van der Waals surface area contributed by atoms with Crippen LogP contribution < -0.4 is 10.6 Å². The Morgan fingerprint density at radius 2 is 2.06 bits per heavy atom. The molecule has 0 radical (unpaired) electrons. The molecule has 17 heavy (non-hydrogen) atoms. The number of benzene rings is 1. The van der Waals surface area contributed by atoms with Gasteiger partial charge in [-0.05, 0) is 30.9 Å². The van der Waals surface area contributed by atoms with Crippen LogP contribution in [-0.4, -0.2) is 13.6 Å². The lowest BCUT2D eigenvalue weighted by atomic mass is 10.1. The van der Waals surface area contributed by atoms with Crippen molar-refractivity contribution in [1.29, 1.82) is 0 Å². The molecule has 94 valence electrons. The normalized spacial score (nSPS) is 16.4. The van der Waals surface area contributed by atoms with Gasteiger partial charge in [0.2, 0.25) is 0 Å². The van der Waals surface area contributed by atoms with Crippen molar-refractivity contribution in [3.05, 3.63) is 29.6 Å². The molecule has 2 nitrogen and oxygen atoms in total. The van der Waals surface area contributed by atoms with Gasteiger partial charge in [0.1, 0.15) is 5.82 Å². The van der Waals surface area contributed by atoms with E-state index in [1.54, 1.807) is 12.1 Å². The Balaban J connectivity index is 2.02. The summed E-state index contributed by atoms with van der Waals surface area (Å²) in [6.07, 6.45) is 5.32. The first kappa shape index (κ1) is 12.4. The molecular weight excluding hydrogens is 215 g/mol. The van der Waals surface area contributed by atoms with E-state index < -0.39 is 0 Å². The quantitative estimate of drug-likeness (QED) is 0.871. The summed E-state index contributed by atoms with van der Waals surface area (Å²) in [5.74, 6) is 0.584. The van der Waals surface area contributed by atoms with Crippen molar-refractivity contribution in [1.82, 2.24) is 0 Å². The van der Waals surface area contributed by atoms with Crippen molar-refractivity contribution < 1.29 is 4.39 Å². The van der Waals surface area contributed by atoms with Crippen molar-refractivity contribution in [2.75, 3.05) is 18.5 Å². The van der Waals surface area contributed by atoms with Gasteiger partial charge in [-0.15, -0.1) is 0 Å². The van der Waals surface area contributed by atoms with Gasteiger partial charge in [-0.2, -0.15) is 0 Å². The summed E-state index contributed by atoms with van der Waals surface area (Å²) in [5, 5.41) is 0. The molecule has 0 bridgehead atoms. The van der Waals surface area contributed by atoms with Crippen LogP contribution in [0.3, 0.4) is 0 Å². The average molecular weight is 236 g/mol. The van der Waals surface area contributed by atoms with Crippen LogP contribution in [0.15, 0.2) is 18.2 Å². The van der Waals surface area contributed by atoms with E-state index >= 15 is 0 Å². The standard InChI is InChI=1S/C14H21FN2/c1-17(10-11-4-2-3-5-11)13-7-6-12(9-16)14(15)8-13/h6-8,11H,2-5,9-10,16H2,1H3. The fourth-order valence-electron chi connectivity index (χ4n) is 2.62. The van der Waals surface area contributed by atoms with Crippen LogP contribution in [0.1, 0.15) is 31.2 Å². The van der Waals surface area contributed by atoms with Crippen LogP contribution in [0.2, 0.25) is 0 Å². The van der Waals surface area contributed by atoms with E-state index in [4.69, 9.17) is 5.73 Å². The summed E-state index contributed by atoms with van der Waals surface area (Å²) >= 11 is 0. The molecular formula is C14H21FN2. The molecule has 0 spiro atoms. The Morgan fingerprint density at radius 3 is 2.65 bits per heavy atom. The molecule has 2 N–H and O–H groups in total. The number of anilines is 1. The summed E-state index contributed by atoms with van der Waals surface area (Å²) in [5.41, 5.74) is 6.99.